The summed E-state index contributed by atoms with van der Waals surface area (Å²) in [5.41, 5.74) is 2.23. The topological polar surface area (TPSA) is 59.1 Å². The van der Waals surface area contributed by atoms with Crippen molar-refractivity contribution in [2.45, 2.75) is 11.9 Å². The van der Waals surface area contributed by atoms with Gasteiger partial charge in [0.1, 0.15) is 0 Å². The van der Waals surface area contributed by atoms with E-state index in [0.717, 1.165) is 15.9 Å². The summed E-state index contributed by atoms with van der Waals surface area (Å²) in [6.07, 6.45) is 0. The molecule has 120 valence electrons. The molecule has 3 rings (SSSR count). The molecule has 0 saturated carbocycles. The van der Waals surface area contributed by atoms with Crippen molar-refractivity contribution in [1.29, 1.82) is 0 Å². The number of hydrogen-bond donors (Lipinski definition) is 1. The van der Waals surface area contributed by atoms with E-state index in [0.29, 0.717) is 17.0 Å². The van der Waals surface area contributed by atoms with E-state index in [1.54, 1.807) is 24.3 Å². The monoisotopic (exact) mass is 336 g/mol. The number of nitrogens with one attached hydrogen (secondary N) is 1. The Bertz CT molecular complexity index is 891. The molecule has 0 aliphatic carbocycles. The van der Waals surface area contributed by atoms with Crippen LogP contribution in [0.5, 0.6) is 0 Å². The summed E-state index contributed by atoms with van der Waals surface area (Å²) in [6, 6.07) is 18.7. The van der Waals surface area contributed by atoms with Gasteiger partial charge in [0.2, 0.25) is 5.91 Å². The second-order valence-electron chi connectivity index (χ2n) is 5.31. The van der Waals surface area contributed by atoms with E-state index in [1.165, 1.54) is 18.7 Å². The molecule has 1 aromatic heterocycles. The molecule has 0 bridgehead atoms. The molecule has 0 unspecified atom stereocenters. The van der Waals surface area contributed by atoms with Crippen molar-refractivity contribution >= 4 is 40.0 Å². The van der Waals surface area contributed by atoms with Crippen LogP contribution in [0.1, 0.15) is 17.3 Å². The van der Waals surface area contributed by atoms with Gasteiger partial charge in [-0.2, -0.15) is 0 Å². The molecule has 0 radical (unpaired) electrons. The van der Waals surface area contributed by atoms with E-state index in [9.17, 15) is 9.59 Å². The SMILES string of the molecule is CC(=O)Nc1ccc(C(=O)CSc2ccc3ccccc3n2)cc1. The lowest BCUT2D eigenvalue weighted by Crippen LogP contribution is -2.07. The maximum absolute atomic E-state index is 12.3. The molecule has 0 spiro atoms. The van der Waals surface area contributed by atoms with Gasteiger partial charge < -0.3 is 5.32 Å². The van der Waals surface area contributed by atoms with Crippen molar-refractivity contribution in [3.63, 3.8) is 0 Å². The fraction of sp³-hybridized carbons (Fsp3) is 0.105. The maximum Gasteiger partial charge on any atom is 0.221 e. The standard InChI is InChI=1S/C19H16N2O2S/c1-13(22)20-16-9-6-15(7-10-16)18(23)12-24-19-11-8-14-4-2-3-5-17(14)21-19/h2-11H,12H2,1H3,(H,20,22). The lowest BCUT2D eigenvalue weighted by Gasteiger charge is -2.05. The van der Waals surface area contributed by atoms with Crippen LogP contribution in [0.25, 0.3) is 10.9 Å². The van der Waals surface area contributed by atoms with E-state index in [-0.39, 0.29) is 11.7 Å². The summed E-state index contributed by atoms with van der Waals surface area (Å²) < 4.78 is 0. The second-order valence-corrected chi connectivity index (χ2v) is 6.31. The van der Waals surface area contributed by atoms with Crippen molar-refractivity contribution in [1.82, 2.24) is 4.98 Å². The molecule has 24 heavy (non-hydrogen) atoms. The predicted molar refractivity (Wildman–Crippen MR) is 97.5 cm³/mol. The Morgan fingerprint density at radius 2 is 1.75 bits per heavy atom. The zero-order valence-corrected chi connectivity index (χ0v) is 14.0. The number of hydrogen-bond acceptors (Lipinski definition) is 4. The van der Waals surface area contributed by atoms with E-state index in [1.807, 2.05) is 36.4 Å². The van der Waals surface area contributed by atoms with Gasteiger partial charge in [-0.05, 0) is 36.4 Å². The number of pyridine rings is 1. The Balaban J connectivity index is 1.64. The molecular weight excluding hydrogens is 320 g/mol. The minimum Gasteiger partial charge on any atom is -0.326 e. The first kappa shape index (κ1) is 16.2. The summed E-state index contributed by atoms with van der Waals surface area (Å²) in [6.45, 7) is 1.45. The van der Waals surface area contributed by atoms with E-state index in [4.69, 9.17) is 0 Å². The summed E-state index contributed by atoms with van der Waals surface area (Å²) in [5.74, 6) is 0.224. The maximum atomic E-state index is 12.3. The van der Waals surface area contributed by atoms with Crippen molar-refractivity contribution in [2.75, 3.05) is 11.1 Å². The molecule has 5 heteroatoms. The van der Waals surface area contributed by atoms with Crippen LogP contribution < -0.4 is 5.32 Å². The normalized spacial score (nSPS) is 10.5. The number of rotatable bonds is 5. The Morgan fingerprint density at radius 1 is 1.00 bits per heavy atom. The minimum absolute atomic E-state index is 0.0318. The van der Waals surface area contributed by atoms with Gasteiger partial charge in [0.05, 0.1) is 16.3 Å². The van der Waals surface area contributed by atoms with Crippen molar-refractivity contribution in [2.24, 2.45) is 0 Å². The molecule has 0 fully saturated rings. The van der Waals surface area contributed by atoms with Crippen LogP contribution >= 0.6 is 11.8 Å². The Labute approximate surface area is 144 Å². The number of carbonyl (C=O) groups excluding carboxylic acids is 2. The Kier molecular flexibility index (Phi) is 4.91. The molecule has 4 nitrogen and oxygen atoms in total. The number of aromatic nitrogens is 1. The highest BCUT2D eigenvalue weighted by atomic mass is 32.2. The molecule has 1 heterocycles. The zero-order chi connectivity index (χ0) is 16.9. The number of thioether (sulfide) groups is 1. The van der Waals surface area contributed by atoms with Crippen LogP contribution in [0.15, 0.2) is 65.7 Å². The highest BCUT2D eigenvalue weighted by Crippen LogP contribution is 2.21. The van der Waals surface area contributed by atoms with Crippen LogP contribution in [0.4, 0.5) is 5.69 Å². The molecule has 0 aliphatic heterocycles. The molecular formula is C19H16N2O2S. The highest BCUT2D eigenvalue weighted by Gasteiger charge is 2.08. The van der Waals surface area contributed by atoms with Crippen LogP contribution in [0, 0.1) is 0 Å². The summed E-state index contributed by atoms with van der Waals surface area (Å²) >= 11 is 1.42. The minimum atomic E-state index is -0.132. The smallest absolute Gasteiger partial charge is 0.221 e. The third-order valence-electron chi connectivity index (χ3n) is 3.45. The van der Waals surface area contributed by atoms with Crippen LogP contribution in [-0.4, -0.2) is 22.4 Å². The highest BCUT2D eigenvalue weighted by molar-refractivity contribution is 7.99. The number of anilines is 1. The van der Waals surface area contributed by atoms with Gasteiger partial charge in [-0.25, -0.2) is 4.98 Å². The summed E-state index contributed by atoms with van der Waals surface area (Å²) in [7, 11) is 0. The molecule has 2 aromatic carbocycles. The summed E-state index contributed by atoms with van der Waals surface area (Å²) in [4.78, 5) is 27.8. The number of benzene rings is 2. The van der Waals surface area contributed by atoms with Gasteiger partial charge in [0, 0.05) is 23.6 Å². The fourth-order valence-corrected chi connectivity index (χ4v) is 3.07. The molecule has 1 N–H and O–H groups in total. The van der Waals surface area contributed by atoms with E-state index >= 15 is 0 Å². The predicted octanol–water partition coefficient (Wildman–Crippen LogP) is 4.17. The molecule has 0 atom stereocenters. The summed E-state index contributed by atoms with van der Waals surface area (Å²) in [5, 5.41) is 4.60. The number of Topliss-reactive ketones (excluding diaryl/α,β-unsaturated/α-hetero) is 1. The van der Waals surface area contributed by atoms with Crippen molar-refractivity contribution < 1.29 is 9.59 Å². The first-order valence-electron chi connectivity index (χ1n) is 7.51. The lowest BCUT2D eigenvalue weighted by atomic mass is 10.1. The number of fused-ring (bicyclic) bond motifs is 1. The average Bonchev–Trinajstić information content (AvgIpc) is 2.59. The van der Waals surface area contributed by atoms with E-state index in [2.05, 4.69) is 10.3 Å². The fourth-order valence-electron chi connectivity index (χ4n) is 2.29. The Morgan fingerprint density at radius 3 is 2.50 bits per heavy atom. The van der Waals surface area contributed by atoms with Gasteiger partial charge in [-0.15, -0.1) is 0 Å². The molecule has 0 aliphatic rings. The van der Waals surface area contributed by atoms with Gasteiger partial charge in [0.15, 0.2) is 5.78 Å². The largest absolute Gasteiger partial charge is 0.326 e. The molecule has 0 saturated heterocycles. The third-order valence-corrected chi connectivity index (χ3v) is 4.38. The third kappa shape index (κ3) is 4.00. The van der Waals surface area contributed by atoms with Crippen molar-refractivity contribution in [3.8, 4) is 0 Å². The quantitative estimate of drug-likeness (QED) is 0.561. The lowest BCUT2D eigenvalue weighted by molar-refractivity contribution is -0.114. The molecule has 3 aromatic rings. The molecule has 1 amide bonds. The van der Waals surface area contributed by atoms with Crippen LogP contribution in [-0.2, 0) is 4.79 Å². The number of para-hydroxylation sites is 1. The number of carbonyl (C=O) groups is 2. The average molecular weight is 336 g/mol. The van der Waals surface area contributed by atoms with Crippen molar-refractivity contribution in [3.05, 3.63) is 66.2 Å². The van der Waals surface area contributed by atoms with E-state index < -0.39 is 0 Å². The van der Waals surface area contributed by atoms with Gasteiger partial charge in [-0.1, -0.05) is 36.0 Å². The number of amides is 1. The van der Waals surface area contributed by atoms with Gasteiger partial charge >= 0.3 is 0 Å². The van der Waals surface area contributed by atoms with Gasteiger partial charge in [-0.3, -0.25) is 9.59 Å². The second kappa shape index (κ2) is 7.27. The zero-order valence-electron chi connectivity index (χ0n) is 13.2. The first-order chi connectivity index (χ1) is 11.6. The van der Waals surface area contributed by atoms with Gasteiger partial charge in [0.25, 0.3) is 0 Å². The van der Waals surface area contributed by atoms with Crippen LogP contribution in [0.2, 0.25) is 0 Å². The Hall–Kier alpha value is -2.66. The first-order valence-corrected chi connectivity index (χ1v) is 8.50. The number of nitrogens with zero attached hydrogens (tertiary/aromatic N) is 1. The number of ketones is 1. The van der Waals surface area contributed by atoms with Crippen LogP contribution in [0.3, 0.4) is 0 Å².